The van der Waals surface area contributed by atoms with E-state index in [1.807, 2.05) is 31.5 Å². The molecule has 0 aliphatic carbocycles. The first-order valence-electron chi connectivity index (χ1n) is 4.29. The second-order valence-corrected chi connectivity index (χ2v) is 2.79. The van der Waals surface area contributed by atoms with E-state index in [1.165, 1.54) is 5.56 Å². The summed E-state index contributed by atoms with van der Waals surface area (Å²) in [6.45, 7) is 4.78. The maximum atomic E-state index is 5.52. The van der Waals surface area contributed by atoms with Gasteiger partial charge < -0.3 is 4.74 Å². The summed E-state index contributed by atoms with van der Waals surface area (Å²) in [7, 11) is 0. The van der Waals surface area contributed by atoms with Crippen LogP contribution in [0.3, 0.4) is 0 Å². The Hall–Kier alpha value is -0.820. The van der Waals surface area contributed by atoms with Crippen molar-refractivity contribution < 1.29 is 4.74 Å². The summed E-state index contributed by atoms with van der Waals surface area (Å²) in [5.41, 5.74) is 1.24. The second kappa shape index (κ2) is 4.94. The molecule has 1 aromatic rings. The van der Waals surface area contributed by atoms with E-state index in [0.29, 0.717) is 0 Å². The zero-order chi connectivity index (χ0) is 8.81. The molecule has 1 atom stereocenters. The molecule has 1 unspecified atom stereocenters. The predicted molar refractivity (Wildman–Crippen MR) is 50.8 cm³/mol. The molecular formula is C11H15O. The first kappa shape index (κ1) is 9.27. The fourth-order valence-electron chi connectivity index (χ4n) is 1.06. The topological polar surface area (TPSA) is 9.23 Å². The van der Waals surface area contributed by atoms with E-state index in [0.717, 1.165) is 6.61 Å². The fourth-order valence-corrected chi connectivity index (χ4v) is 1.06. The third kappa shape index (κ3) is 2.67. The van der Waals surface area contributed by atoms with Gasteiger partial charge >= 0.3 is 0 Å². The SMILES string of the molecule is C[CH]COC(C)c1ccccc1. The molecule has 0 heterocycles. The predicted octanol–water partition coefficient (Wildman–Crippen LogP) is 2.99. The summed E-state index contributed by atoms with van der Waals surface area (Å²) in [6, 6.07) is 10.2. The van der Waals surface area contributed by atoms with Crippen molar-refractivity contribution in [2.75, 3.05) is 6.61 Å². The van der Waals surface area contributed by atoms with Crippen LogP contribution in [-0.4, -0.2) is 6.61 Å². The standard InChI is InChI=1S/C11H15O/c1-3-9-12-10(2)11-7-5-4-6-8-11/h3-8,10H,9H2,1-2H3. The summed E-state index contributed by atoms with van der Waals surface area (Å²) < 4.78 is 5.52. The maximum Gasteiger partial charge on any atom is 0.0796 e. The smallest absolute Gasteiger partial charge is 0.0796 e. The van der Waals surface area contributed by atoms with Gasteiger partial charge in [0.05, 0.1) is 12.7 Å². The molecule has 0 fully saturated rings. The van der Waals surface area contributed by atoms with E-state index < -0.39 is 0 Å². The van der Waals surface area contributed by atoms with Gasteiger partial charge in [-0.15, -0.1) is 0 Å². The Kier molecular flexibility index (Phi) is 3.81. The van der Waals surface area contributed by atoms with Crippen LogP contribution in [0.5, 0.6) is 0 Å². The highest BCUT2D eigenvalue weighted by atomic mass is 16.5. The molecule has 0 bridgehead atoms. The van der Waals surface area contributed by atoms with Gasteiger partial charge in [0, 0.05) is 0 Å². The van der Waals surface area contributed by atoms with Crippen molar-refractivity contribution in [2.24, 2.45) is 0 Å². The van der Waals surface area contributed by atoms with Crippen molar-refractivity contribution in [1.82, 2.24) is 0 Å². The first-order valence-corrected chi connectivity index (χ1v) is 4.29. The minimum Gasteiger partial charge on any atom is -0.374 e. The van der Waals surface area contributed by atoms with Gasteiger partial charge in [-0.1, -0.05) is 37.3 Å². The quantitative estimate of drug-likeness (QED) is 0.663. The first-order chi connectivity index (χ1) is 5.84. The number of hydrogen-bond donors (Lipinski definition) is 0. The van der Waals surface area contributed by atoms with Crippen LogP contribution >= 0.6 is 0 Å². The summed E-state index contributed by atoms with van der Waals surface area (Å²) in [4.78, 5) is 0. The third-order valence-electron chi connectivity index (χ3n) is 1.78. The van der Waals surface area contributed by atoms with Gasteiger partial charge in [0.15, 0.2) is 0 Å². The van der Waals surface area contributed by atoms with E-state index in [-0.39, 0.29) is 6.10 Å². The molecule has 0 aliphatic rings. The van der Waals surface area contributed by atoms with Gasteiger partial charge in [-0.2, -0.15) is 0 Å². The van der Waals surface area contributed by atoms with Crippen LogP contribution in [0.25, 0.3) is 0 Å². The van der Waals surface area contributed by atoms with Crippen molar-refractivity contribution in [1.29, 1.82) is 0 Å². The lowest BCUT2D eigenvalue weighted by Crippen LogP contribution is -2.00. The Morgan fingerprint density at radius 2 is 2.00 bits per heavy atom. The van der Waals surface area contributed by atoms with Crippen molar-refractivity contribution in [3.8, 4) is 0 Å². The third-order valence-corrected chi connectivity index (χ3v) is 1.78. The van der Waals surface area contributed by atoms with E-state index in [2.05, 4.69) is 19.1 Å². The van der Waals surface area contributed by atoms with Crippen molar-refractivity contribution in [2.45, 2.75) is 20.0 Å². The van der Waals surface area contributed by atoms with Crippen molar-refractivity contribution >= 4 is 0 Å². The molecule has 0 saturated heterocycles. The van der Waals surface area contributed by atoms with Gasteiger partial charge in [0.25, 0.3) is 0 Å². The van der Waals surface area contributed by atoms with E-state index >= 15 is 0 Å². The molecule has 0 amide bonds. The van der Waals surface area contributed by atoms with E-state index in [9.17, 15) is 0 Å². The lowest BCUT2D eigenvalue weighted by Gasteiger charge is -2.11. The Morgan fingerprint density at radius 1 is 1.33 bits per heavy atom. The zero-order valence-electron chi connectivity index (χ0n) is 7.66. The van der Waals surface area contributed by atoms with Gasteiger partial charge in [-0.05, 0) is 18.9 Å². The normalized spacial score (nSPS) is 12.8. The maximum absolute atomic E-state index is 5.52. The molecule has 0 N–H and O–H groups in total. The second-order valence-electron chi connectivity index (χ2n) is 2.79. The van der Waals surface area contributed by atoms with Crippen LogP contribution in [0, 0.1) is 6.42 Å². The van der Waals surface area contributed by atoms with Crippen molar-refractivity contribution in [3.05, 3.63) is 42.3 Å². The molecule has 1 radical (unpaired) electrons. The highest BCUT2D eigenvalue weighted by molar-refractivity contribution is 5.16. The zero-order valence-corrected chi connectivity index (χ0v) is 7.66. The lowest BCUT2D eigenvalue weighted by molar-refractivity contribution is 0.0821. The molecule has 0 spiro atoms. The lowest BCUT2D eigenvalue weighted by atomic mass is 10.1. The van der Waals surface area contributed by atoms with Gasteiger partial charge in [0.2, 0.25) is 0 Å². The molecule has 1 heteroatoms. The Bertz CT molecular complexity index is 206. The largest absolute Gasteiger partial charge is 0.374 e. The Labute approximate surface area is 74.4 Å². The van der Waals surface area contributed by atoms with E-state index in [4.69, 9.17) is 4.74 Å². The fraction of sp³-hybridized carbons (Fsp3) is 0.364. The van der Waals surface area contributed by atoms with Crippen LogP contribution in [0.2, 0.25) is 0 Å². The minimum atomic E-state index is 0.197. The van der Waals surface area contributed by atoms with Gasteiger partial charge in [-0.25, -0.2) is 0 Å². The number of rotatable bonds is 4. The number of hydrogen-bond acceptors (Lipinski definition) is 1. The summed E-state index contributed by atoms with van der Waals surface area (Å²) >= 11 is 0. The van der Waals surface area contributed by atoms with Crippen LogP contribution in [-0.2, 0) is 4.74 Å². The van der Waals surface area contributed by atoms with Gasteiger partial charge in [-0.3, -0.25) is 0 Å². The summed E-state index contributed by atoms with van der Waals surface area (Å²) in [5.74, 6) is 0. The molecule has 65 valence electrons. The molecule has 0 aliphatic heterocycles. The Balaban J connectivity index is 2.48. The molecule has 1 nitrogen and oxygen atoms in total. The monoisotopic (exact) mass is 163 g/mol. The molecule has 1 rings (SSSR count). The van der Waals surface area contributed by atoms with Crippen molar-refractivity contribution in [3.63, 3.8) is 0 Å². The molecule has 1 aromatic carbocycles. The average Bonchev–Trinajstić information content (AvgIpc) is 2.15. The highest BCUT2D eigenvalue weighted by Gasteiger charge is 2.02. The molecule has 0 saturated carbocycles. The average molecular weight is 163 g/mol. The Morgan fingerprint density at radius 3 is 2.58 bits per heavy atom. The minimum absolute atomic E-state index is 0.197. The summed E-state index contributed by atoms with van der Waals surface area (Å²) in [6.07, 6.45) is 2.21. The molecule has 12 heavy (non-hydrogen) atoms. The van der Waals surface area contributed by atoms with Crippen LogP contribution < -0.4 is 0 Å². The summed E-state index contributed by atoms with van der Waals surface area (Å²) in [5, 5.41) is 0. The van der Waals surface area contributed by atoms with Crippen LogP contribution in [0.1, 0.15) is 25.5 Å². The van der Waals surface area contributed by atoms with Crippen LogP contribution in [0.4, 0.5) is 0 Å². The highest BCUT2D eigenvalue weighted by Crippen LogP contribution is 2.15. The van der Waals surface area contributed by atoms with Gasteiger partial charge in [0.1, 0.15) is 0 Å². The van der Waals surface area contributed by atoms with Crippen LogP contribution in [0.15, 0.2) is 30.3 Å². The van der Waals surface area contributed by atoms with E-state index in [1.54, 1.807) is 0 Å². The number of ether oxygens (including phenoxy) is 1. The molecular weight excluding hydrogens is 148 g/mol. The number of benzene rings is 1. The molecule has 0 aromatic heterocycles.